The molecule has 4 rings (SSSR count). The third-order valence-electron chi connectivity index (χ3n) is 6.17. The smallest absolute Gasteiger partial charge is 0.322 e. The molecular formula is C23H26F2N4O4S. The van der Waals surface area contributed by atoms with E-state index in [1.54, 1.807) is 17.0 Å². The van der Waals surface area contributed by atoms with E-state index in [1.165, 1.54) is 31.1 Å². The second-order valence-electron chi connectivity index (χ2n) is 8.65. The monoisotopic (exact) mass is 492 g/mol. The van der Waals surface area contributed by atoms with Crippen LogP contribution in [0.3, 0.4) is 0 Å². The lowest BCUT2D eigenvalue weighted by molar-refractivity contribution is 0.0697. The number of piperidine rings is 1. The molecule has 0 spiro atoms. The summed E-state index contributed by atoms with van der Waals surface area (Å²) in [6, 6.07) is 7.15. The van der Waals surface area contributed by atoms with Gasteiger partial charge in [0.2, 0.25) is 10.0 Å². The summed E-state index contributed by atoms with van der Waals surface area (Å²) in [5.41, 5.74) is 1.49. The second-order valence-corrected chi connectivity index (χ2v) is 10.8. The lowest BCUT2D eigenvalue weighted by Gasteiger charge is -2.34. The molecular weight excluding hydrogens is 466 g/mol. The number of urea groups is 1. The van der Waals surface area contributed by atoms with Gasteiger partial charge in [-0.1, -0.05) is 0 Å². The molecule has 1 N–H and O–H groups in total. The minimum Gasteiger partial charge on any atom is -0.337 e. The lowest BCUT2D eigenvalue weighted by atomic mass is 10.0. The fourth-order valence-corrected chi connectivity index (χ4v) is 5.26. The highest BCUT2D eigenvalue weighted by atomic mass is 32.2. The molecule has 2 aromatic carbocycles. The first kappa shape index (κ1) is 24.1. The molecule has 2 aliphatic rings. The van der Waals surface area contributed by atoms with Gasteiger partial charge >= 0.3 is 6.03 Å². The van der Waals surface area contributed by atoms with Crippen molar-refractivity contribution in [2.75, 3.05) is 38.6 Å². The Morgan fingerprint density at radius 2 is 1.82 bits per heavy atom. The average molecular weight is 493 g/mol. The Hall–Kier alpha value is -3.05. The van der Waals surface area contributed by atoms with Crippen molar-refractivity contribution in [3.8, 4) is 0 Å². The van der Waals surface area contributed by atoms with Gasteiger partial charge in [0.15, 0.2) is 11.6 Å². The van der Waals surface area contributed by atoms with Gasteiger partial charge in [-0.2, -0.15) is 0 Å². The number of hydrogen-bond donors (Lipinski definition) is 1. The Morgan fingerprint density at radius 3 is 2.53 bits per heavy atom. The van der Waals surface area contributed by atoms with Crippen molar-refractivity contribution in [2.24, 2.45) is 0 Å². The van der Waals surface area contributed by atoms with E-state index in [9.17, 15) is 26.8 Å². The molecule has 2 aliphatic heterocycles. The predicted octanol–water partition coefficient (Wildman–Crippen LogP) is 2.59. The second kappa shape index (κ2) is 9.30. The van der Waals surface area contributed by atoms with Crippen LogP contribution in [-0.2, 0) is 16.4 Å². The molecule has 1 fully saturated rings. The molecule has 11 heteroatoms. The molecule has 182 valence electrons. The standard InChI is InChI=1S/C23H26F2N4O4S/c1-27(2)34(32,33)18-6-8-21-15(12-18)9-11-29(21)23(31)26-17-4-3-10-28(14-17)22(30)16-5-7-19(24)20(25)13-16/h5-8,12-13,17H,3-4,9-11,14H2,1-2H3,(H,26,31). The minimum absolute atomic E-state index is 0.0582. The summed E-state index contributed by atoms with van der Waals surface area (Å²) in [4.78, 5) is 29.0. The van der Waals surface area contributed by atoms with Crippen LogP contribution in [0.25, 0.3) is 0 Å². The molecule has 0 bridgehead atoms. The van der Waals surface area contributed by atoms with Crippen LogP contribution in [0.1, 0.15) is 28.8 Å². The number of nitrogens with one attached hydrogen (secondary N) is 1. The van der Waals surface area contributed by atoms with E-state index in [4.69, 9.17) is 0 Å². The van der Waals surface area contributed by atoms with Crippen molar-refractivity contribution in [1.82, 2.24) is 14.5 Å². The molecule has 1 unspecified atom stereocenters. The van der Waals surface area contributed by atoms with E-state index in [0.29, 0.717) is 38.0 Å². The highest BCUT2D eigenvalue weighted by Crippen LogP contribution is 2.31. The van der Waals surface area contributed by atoms with Crippen LogP contribution >= 0.6 is 0 Å². The minimum atomic E-state index is -3.57. The number of carbonyl (C=O) groups is 2. The molecule has 0 radical (unpaired) electrons. The Kier molecular flexibility index (Phi) is 6.59. The summed E-state index contributed by atoms with van der Waals surface area (Å²) in [5.74, 6) is -2.52. The molecule has 34 heavy (non-hydrogen) atoms. The van der Waals surface area contributed by atoms with Gasteiger partial charge in [-0.3, -0.25) is 9.69 Å². The Bertz CT molecular complexity index is 1240. The van der Waals surface area contributed by atoms with Crippen LogP contribution in [0.2, 0.25) is 0 Å². The van der Waals surface area contributed by atoms with Gasteiger partial charge in [0.1, 0.15) is 0 Å². The zero-order valence-corrected chi connectivity index (χ0v) is 19.7. The number of benzene rings is 2. The van der Waals surface area contributed by atoms with Gasteiger partial charge in [-0.15, -0.1) is 0 Å². The van der Waals surface area contributed by atoms with E-state index in [1.807, 2.05) is 0 Å². The number of likely N-dealkylation sites (tertiary alicyclic amines) is 1. The molecule has 2 aromatic rings. The normalized spacial score (nSPS) is 18.2. The number of hydrogen-bond acceptors (Lipinski definition) is 4. The first-order valence-corrected chi connectivity index (χ1v) is 12.4. The lowest BCUT2D eigenvalue weighted by Crippen LogP contribution is -2.52. The highest BCUT2D eigenvalue weighted by molar-refractivity contribution is 7.89. The third-order valence-corrected chi connectivity index (χ3v) is 7.98. The zero-order valence-electron chi connectivity index (χ0n) is 18.9. The van der Waals surface area contributed by atoms with Crippen LogP contribution < -0.4 is 10.2 Å². The van der Waals surface area contributed by atoms with Crippen molar-refractivity contribution in [3.63, 3.8) is 0 Å². The first-order valence-electron chi connectivity index (χ1n) is 11.0. The highest BCUT2D eigenvalue weighted by Gasteiger charge is 2.31. The number of fused-ring (bicyclic) bond motifs is 1. The van der Waals surface area contributed by atoms with Crippen LogP contribution in [0, 0.1) is 11.6 Å². The third kappa shape index (κ3) is 4.62. The van der Waals surface area contributed by atoms with Crippen molar-refractivity contribution >= 4 is 27.6 Å². The zero-order chi connectivity index (χ0) is 24.6. The van der Waals surface area contributed by atoms with Gasteiger partial charge in [0.05, 0.1) is 4.90 Å². The van der Waals surface area contributed by atoms with Gasteiger partial charge in [0.25, 0.3) is 5.91 Å². The number of sulfonamides is 1. The van der Waals surface area contributed by atoms with E-state index in [2.05, 4.69) is 5.32 Å². The van der Waals surface area contributed by atoms with Crippen LogP contribution in [-0.4, -0.2) is 69.3 Å². The maximum absolute atomic E-state index is 13.5. The largest absolute Gasteiger partial charge is 0.337 e. The van der Waals surface area contributed by atoms with Gasteiger partial charge in [-0.25, -0.2) is 26.3 Å². The van der Waals surface area contributed by atoms with Crippen molar-refractivity contribution in [2.45, 2.75) is 30.2 Å². The molecule has 2 heterocycles. The number of nitrogens with zero attached hydrogens (tertiary/aromatic N) is 3. The summed E-state index contributed by atoms with van der Waals surface area (Å²) < 4.78 is 52.7. The first-order chi connectivity index (χ1) is 16.1. The summed E-state index contributed by atoms with van der Waals surface area (Å²) >= 11 is 0. The van der Waals surface area contributed by atoms with Crippen molar-refractivity contribution in [3.05, 3.63) is 59.2 Å². The molecule has 1 atom stereocenters. The summed E-state index contributed by atoms with van der Waals surface area (Å²) in [7, 11) is -0.638. The van der Waals surface area contributed by atoms with Crippen LogP contribution in [0.15, 0.2) is 41.3 Å². The molecule has 1 saturated heterocycles. The summed E-state index contributed by atoms with van der Waals surface area (Å²) in [6.07, 6.45) is 1.86. The van der Waals surface area contributed by atoms with Crippen LogP contribution in [0.5, 0.6) is 0 Å². The predicted molar refractivity (Wildman–Crippen MR) is 122 cm³/mol. The number of halogens is 2. The summed E-state index contributed by atoms with van der Waals surface area (Å²) in [6.45, 7) is 1.13. The fourth-order valence-electron chi connectivity index (χ4n) is 4.30. The Morgan fingerprint density at radius 1 is 1.06 bits per heavy atom. The van der Waals surface area contributed by atoms with E-state index < -0.39 is 27.6 Å². The van der Waals surface area contributed by atoms with Gasteiger partial charge < -0.3 is 10.2 Å². The molecule has 3 amide bonds. The number of anilines is 1. The summed E-state index contributed by atoms with van der Waals surface area (Å²) in [5, 5.41) is 2.95. The molecule has 0 aromatic heterocycles. The number of rotatable bonds is 4. The topological polar surface area (TPSA) is 90.0 Å². The van der Waals surface area contributed by atoms with Gasteiger partial charge in [-0.05, 0) is 61.2 Å². The van der Waals surface area contributed by atoms with E-state index in [0.717, 1.165) is 22.0 Å². The molecule has 8 nitrogen and oxygen atoms in total. The quantitative estimate of drug-likeness (QED) is 0.711. The average Bonchev–Trinajstić information content (AvgIpc) is 3.24. The van der Waals surface area contributed by atoms with Crippen LogP contribution in [0.4, 0.5) is 19.3 Å². The Balaban J connectivity index is 1.43. The number of amides is 3. The fraction of sp³-hybridized carbons (Fsp3) is 0.391. The maximum Gasteiger partial charge on any atom is 0.322 e. The molecule has 0 saturated carbocycles. The van der Waals surface area contributed by atoms with E-state index >= 15 is 0 Å². The van der Waals surface area contributed by atoms with E-state index in [-0.39, 0.29) is 29.1 Å². The van der Waals surface area contributed by atoms with Gasteiger partial charge in [0, 0.05) is 51.0 Å². The maximum atomic E-state index is 13.5. The van der Waals surface area contributed by atoms with Crippen molar-refractivity contribution in [1.29, 1.82) is 0 Å². The SMILES string of the molecule is CN(C)S(=O)(=O)c1ccc2c(c1)CCN2C(=O)NC1CCCN(C(=O)c2ccc(F)c(F)c2)C1. The van der Waals surface area contributed by atoms with Crippen molar-refractivity contribution < 1.29 is 26.8 Å². The molecule has 0 aliphatic carbocycles. The number of carbonyl (C=O) groups excluding carboxylic acids is 2. The Labute approximate surface area is 197 Å².